The maximum Gasteiger partial charge on any atom is 0.251 e. The number of carbonyl (C=O) groups is 1. The third-order valence-corrected chi connectivity index (χ3v) is 7.21. The number of rotatable bonds is 6. The van der Waals surface area contributed by atoms with Crippen LogP contribution in [0.15, 0.2) is 48.5 Å². The molecule has 0 aliphatic heterocycles. The van der Waals surface area contributed by atoms with E-state index in [0.717, 1.165) is 0 Å². The molecule has 9 nitrogen and oxygen atoms in total. The zero-order chi connectivity index (χ0) is 23.5. The van der Waals surface area contributed by atoms with E-state index in [-0.39, 0.29) is 5.91 Å². The molecular weight excluding hydrogens is 418 g/mol. The van der Waals surface area contributed by atoms with Gasteiger partial charge in [0.25, 0.3) is 5.91 Å². The van der Waals surface area contributed by atoms with Gasteiger partial charge in [-0.1, -0.05) is 24.3 Å². The van der Waals surface area contributed by atoms with Crippen molar-refractivity contribution in [2.75, 3.05) is 20.8 Å². The van der Waals surface area contributed by atoms with Crippen LogP contribution in [0, 0.1) is 0 Å². The fourth-order valence-corrected chi connectivity index (χ4v) is 5.60. The molecule has 9 heteroatoms. The van der Waals surface area contributed by atoms with Gasteiger partial charge in [-0.25, -0.2) is 0 Å². The average Bonchev–Trinajstić information content (AvgIpc) is 2.83. The van der Waals surface area contributed by atoms with Gasteiger partial charge in [-0.2, -0.15) is 0 Å². The van der Waals surface area contributed by atoms with E-state index in [9.17, 15) is 35.4 Å². The van der Waals surface area contributed by atoms with Gasteiger partial charge in [0, 0.05) is 18.5 Å². The lowest BCUT2D eigenvalue weighted by Crippen LogP contribution is -2.99. The van der Waals surface area contributed by atoms with E-state index in [1.54, 1.807) is 24.3 Å². The van der Waals surface area contributed by atoms with Crippen molar-refractivity contribution in [3.63, 3.8) is 0 Å². The summed E-state index contributed by atoms with van der Waals surface area (Å²) in [4.78, 5) is 11.8. The van der Waals surface area contributed by atoms with Gasteiger partial charge in [0.2, 0.25) is 0 Å². The molecule has 172 valence electrons. The van der Waals surface area contributed by atoms with Crippen molar-refractivity contribution in [1.29, 1.82) is 0 Å². The molecule has 2 aromatic carbocycles. The summed E-state index contributed by atoms with van der Waals surface area (Å²) < 4.78 is 5.12. The van der Waals surface area contributed by atoms with E-state index in [1.807, 2.05) is 0 Å². The van der Waals surface area contributed by atoms with Crippen LogP contribution >= 0.6 is 0 Å². The number of hydrogen-bond donors (Lipinski definition) is 7. The van der Waals surface area contributed by atoms with Gasteiger partial charge in [-0.15, -0.1) is 0 Å². The number of hydrogen-bond acceptors (Lipinski definition) is 8. The fraction of sp³-hybridized carbons (Fsp3) is 0.435. The lowest BCUT2D eigenvalue weighted by molar-refractivity contribution is -0.459. The predicted molar refractivity (Wildman–Crippen MR) is 112 cm³/mol. The number of aliphatic hydroxyl groups is 6. The Hall–Kier alpha value is -2.53. The normalized spacial score (nSPS) is 36.3. The van der Waals surface area contributed by atoms with Crippen LogP contribution in [0.4, 0.5) is 0 Å². The minimum Gasteiger partial charge on any atom is -0.497 e. The van der Waals surface area contributed by atoms with Crippen LogP contribution < -0.4 is 10.1 Å². The smallest absolute Gasteiger partial charge is 0.251 e. The molecular formula is C23H27NO8. The monoisotopic (exact) mass is 445 g/mol. The highest BCUT2D eigenvalue weighted by Gasteiger charge is 2.93. The Bertz CT molecular complexity index is 1010. The summed E-state index contributed by atoms with van der Waals surface area (Å²) in [6, 6.07) is 12.3. The number of methoxy groups -OCH3 is 1. The van der Waals surface area contributed by atoms with Crippen LogP contribution in [0.2, 0.25) is 0 Å². The summed E-state index contributed by atoms with van der Waals surface area (Å²) in [5.74, 6) is -2.27. The third-order valence-electron chi connectivity index (χ3n) is 7.21. The second-order valence-electron chi connectivity index (χ2n) is 8.45. The predicted octanol–water partition coefficient (Wildman–Crippen LogP) is -1.14. The molecule has 2 fully saturated rings. The topological polar surface area (TPSA) is 160 Å². The fourth-order valence-electron chi connectivity index (χ4n) is 5.60. The molecule has 7 N–H and O–H groups in total. The first-order chi connectivity index (χ1) is 15.1. The molecule has 2 aliphatic rings. The van der Waals surface area contributed by atoms with E-state index in [1.165, 1.54) is 38.4 Å². The number of fused-ring (bicyclic) bond motifs is 1. The molecule has 3 unspecified atom stereocenters. The van der Waals surface area contributed by atoms with Gasteiger partial charge >= 0.3 is 0 Å². The Morgan fingerprint density at radius 2 is 1.62 bits per heavy atom. The van der Waals surface area contributed by atoms with Crippen molar-refractivity contribution >= 4 is 5.91 Å². The molecule has 0 aromatic heterocycles. The summed E-state index contributed by atoms with van der Waals surface area (Å²) >= 11 is 0. The van der Waals surface area contributed by atoms with Crippen molar-refractivity contribution in [3.05, 3.63) is 65.2 Å². The molecule has 4 rings (SSSR count). The first kappa shape index (κ1) is 22.7. The third kappa shape index (κ3) is 2.52. The first-order valence-electron chi connectivity index (χ1n) is 10.2. The van der Waals surface area contributed by atoms with Gasteiger partial charge in [0.1, 0.15) is 28.7 Å². The van der Waals surface area contributed by atoms with Gasteiger partial charge < -0.3 is 40.7 Å². The van der Waals surface area contributed by atoms with Crippen LogP contribution in [0.1, 0.15) is 33.3 Å². The number of amides is 1. The van der Waals surface area contributed by atoms with E-state index >= 15 is 0 Å². The highest BCUT2D eigenvalue weighted by atomic mass is 16.5. The van der Waals surface area contributed by atoms with Gasteiger partial charge in [0.15, 0.2) is 0 Å². The summed E-state index contributed by atoms with van der Waals surface area (Å²) in [5, 5.41) is 68.1. The largest absolute Gasteiger partial charge is 0.497 e. The number of benzene rings is 2. The van der Waals surface area contributed by atoms with E-state index < -0.39 is 47.5 Å². The molecule has 1 amide bonds. The zero-order valence-electron chi connectivity index (χ0n) is 17.6. The Labute approximate surface area is 184 Å². The highest BCUT2D eigenvalue weighted by Crippen LogP contribution is 2.75. The maximum absolute atomic E-state index is 11.8. The first-order valence-corrected chi connectivity index (χ1v) is 10.2. The number of nitrogens with one attached hydrogen (secondary N) is 1. The number of carbonyl (C=O) groups excluding carboxylic acids is 1. The Morgan fingerprint density at radius 1 is 1.06 bits per heavy atom. The Morgan fingerprint density at radius 3 is 2.12 bits per heavy atom. The van der Waals surface area contributed by atoms with Crippen LogP contribution in [-0.4, -0.2) is 86.3 Å². The van der Waals surface area contributed by atoms with Crippen LogP contribution in [0.3, 0.4) is 0 Å². The summed E-state index contributed by atoms with van der Waals surface area (Å²) in [6.45, 7) is -0.875. The van der Waals surface area contributed by atoms with Gasteiger partial charge in [-0.3, -0.25) is 4.79 Å². The maximum atomic E-state index is 11.8. The van der Waals surface area contributed by atoms with E-state index in [2.05, 4.69) is 5.32 Å². The molecule has 2 aliphatic carbocycles. The number of aliphatic hydroxyl groups excluding tert-OH is 3. The van der Waals surface area contributed by atoms with Crippen molar-refractivity contribution in [3.8, 4) is 5.75 Å². The molecule has 0 radical (unpaired) electrons. The number of ether oxygens (including phenoxy) is 1. The quantitative estimate of drug-likeness (QED) is 0.294. The van der Waals surface area contributed by atoms with Gasteiger partial charge in [-0.05, 0) is 35.4 Å². The lowest BCUT2D eigenvalue weighted by Gasteiger charge is -2.80. The molecule has 0 spiro atoms. The van der Waals surface area contributed by atoms with E-state index in [0.29, 0.717) is 22.4 Å². The van der Waals surface area contributed by atoms with Crippen molar-refractivity contribution in [1.82, 2.24) is 5.32 Å². The second-order valence-corrected chi connectivity index (χ2v) is 8.45. The Balaban J connectivity index is 1.77. The lowest BCUT2D eigenvalue weighted by atomic mass is 9.30. The summed E-state index contributed by atoms with van der Waals surface area (Å²) in [6.07, 6.45) is -3.29. The second kappa shape index (κ2) is 7.51. The summed E-state index contributed by atoms with van der Waals surface area (Å²) in [5.41, 5.74) is -5.86. The van der Waals surface area contributed by atoms with Crippen LogP contribution in [0.5, 0.6) is 5.75 Å². The van der Waals surface area contributed by atoms with Crippen molar-refractivity contribution in [2.45, 2.75) is 40.8 Å². The van der Waals surface area contributed by atoms with Crippen LogP contribution in [0.25, 0.3) is 0 Å². The molecule has 32 heavy (non-hydrogen) atoms. The average molecular weight is 445 g/mol. The standard InChI is InChI=1S/C23H27NO8/c1-24-20(28)14-5-3-12(4-6-14)17-19(27)22(30)18(13-7-9-15(32-2)10-8-13)21(29,16(26)11-25)23(17,22)31/h3-10,16-19,25-27,29-31H,11H2,1-2H3,(H,24,28)/t16-,17?,18?,19?,21+,22+,23+/m1/s1. The van der Waals surface area contributed by atoms with Gasteiger partial charge in [0.05, 0.1) is 25.7 Å². The Kier molecular flexibility index (Phi) is 5.32. The van der Waals surface area contributed by atoms with Crippen molar-refractivity contribution in [2.24, 2.45) is 0 Å². The minimum atomic E-state index is -2.37. The highest BCUT2D eigenvalue weighted by molar-refractivity contribution is 5.94. The molecule has 0 heterocycles. The molecule has 2 aromatic rings. The molecule has 2 saturated carbocycles. The SMILES string of the molecule is CNC(=O)c1ccc(C2C(O)[C@@]3(O)C(c4ccc(OC)cc4)[C@@](O)([C@H](O)CO)[C@@]23O)cc1. The minimum absolute atomic E-state index is 0.323. The van der Waals surface area contributed by atoms with Crippen LogP contribution in [-0.2, 0) is 0 Å². The molecule has 7 atom stereocenters. The molecule has 0 saturated heterocycles. The van der Waals surface area contributed by atoms with E-state index in [4.69, 9.17) is 4.74 Å². The van der Waals surface area contributed by atoms with Crippen molar-refractivity contribution < 1.29 is 40.2 Å². The molecule has 0 bridgehead atoms. The zero-order valence-corrected chi connectivity index (χ0v) is 17.6. The summed E-state index contributed by atoms with van der Waals surface area (Å²) in [7, 11) is 2.96.